The van der Waals surface area contributed by atoms with E-state index in [1.54, 1.807) is 42.5 Å². The fraction of sp³-hybridized carbons (Fsp3) is 0.321. The van der Waals surface area contributed by atoms with Crippen molar-refractivity contribution in [2.75, 3.05) is 23.7 Å². The summed E-state index contributed by atoms with van der Waals surface area (Å²) in [7, 11) is -3.56. The maximum Gasteiger partial charge on any atom is 0.251 e. The van der Waals surface area contributed by atoms with Crippen LogP contribution in [0.1, 0.15) is 46.3 Å². The first-order chi connectivity index (χ1) is 17.3. The first kappa shape index (κ1) is 26.2. The minimum absolute atomic E-state index is 0.109. The average molecular weight is 526 g/mol. The molecular formula is C28H32ClN3O3S. The van der Waals surface area contributed by atoms with Gasteiger partial charge in [-0.25, -0.2) is 8.42 Å². The Hall–Kier alpha value is -2.87. The molecule has 1 amide bonds. The van der Waals surface area contributed by atoms with Crippen LogP contribution in [-0.2, 0) is 29.7 Å². The molecule has 0 saturated carbocycles. The van der Waals surface area contributed by atoms with Crippen molar-refractivity contribution < 1.29 is 13.2 Å². The third-order valence-corrected chi connectivity index (χ3v) is 8.00. The lowest BCUT2D eigenvalue weighted by Crippen LogP contribution is -2.30. The molecule has 0 aliphatic carbocycles. The Labute approximate surface area is 218 Å². The predicted octanol–water partition coefficient (Wildman–Crippen LogP) is 5.22. The van der Waals surface area contributed by atoms with Crippen LogP contribution < -0.4 is 9.62 Å². The fourth-order valence-corrected chi connectivity index (χ4v) is 5.55. The van der Waals surface area contributed by atoms with Gasteiger partial charge < -0.3 is 5.32 Å². The Bertz CT molecular complexity index is 1290. The van der Waals surface area contributed by atoms with E-state index in [9.17, 15) is 13.2 Å². The van der Waals surface area contributed by atoms with Crippen LogP contribution in [-0.4, -0.2) is 38.6 Å². The van der Waals surface area contributed by atoms with Gasteiger partial charge in [0.2, 0.25) is 10.0 Å². The van der Waals surface area contributed by atoms with Gasteiger partial charge in [-0.2, -0.15) is 0 Å². The van der Waals surface area contributed by atoms with Crippen molar-refractivity contribution in [2.45, 2.75) is 38.9 Å². The number of carbonyl (C=O) groups is 1. The highest BCUT2D eigenvalue weighted by molar-refractivity contribution is 7.92. The molecule has 190 valence electrons. The van der Waals surface area contributed by atoms with E-state index in [-0.39, 0.29) is 12.5 Å². The van der Waals surface area contributed by atoms with Gasteiger partial charge in [0.25, 0.3) is 5.91 Å². The number of nitrogens with one attached hydrogen (secondary N) is 1. The summed E-state index contributed by atoms with van der Waals surface area (Å²) < 4.78 is 26.3. The van der Waals surface area contributed by atoms with Crippen LogP contribution in [0, 0.1) is 0 Å². The van der Waals surface area contributed by atoms with Gasteiger partial charge in [-0.1, -0.05) is 60.5 Å². The van der Waals surface area contributed by atoms with Crippen molar-refractivity contribution >= 4 is 33.2 Å². The quantitative estimate of drug-likeness (QED) is 0.415. The molecule has 1 aliphatic rings. The number of rotatable bonds is 9. The van der Waals surface area contributed by atoms with E-state index in [2.05, 4.69) is 22.3 Å². The van der Waals surface area contributed by atoms with Gasteiger partial charge in [-0.15, -0.1) is 0 Å². The smallest absolute Gasteiger partial charge is 0.251 e. The summed E-state index contributed by atoms with van der Waals surface area (Å²) >= 11 is 6.25. The Kier molecular flexibility index (Phi) is 8.67. The largest absolute Gasteiger partial charge is 0.348 e. The Balaban J connectivity index is 1.42. The number of amides is 1. The molecule has 0 aromatic heterocycles. The number of benzene rings is 3. The SMILES string of the molecule is CS(=O)(=O)N(Cc1ccccc1Cl)c1ccc(C(=O)NCc2ccccc2CN2CCCCC2)cc1. The van der Waals surface area contributed by atoms with E-state index in [0.29, 0.717) is 28.4 Å². The zero-order chi connectivity index (χ0) is 25.5. The highest BCUT2D eigenvalue weighted by Crippen LogP contribution is 2.24. The van der Waals surface area contributed by atoms with Gasteiger partial charge in [0.1, 0.15) is 0 Å². The molecule has 0 atom stereocenters. The second-order valence-electron chi connectivity index (χ2n) is 9.20. The van der Waals surface area contributed by atoms with Crippen LogP contribution in [0.15, 0.2) is 72.8 Å². The maximum atomic E-state index is 12.9. The van der Waals surface area contributed by atoms with Gasteiger partial charge in [0, 0.05) is 23.7 Å². The summed E-state index contributed by atoms with van der Waals surface area (Å²) in [6, 6.07) is 22.0. The van der Waals surface area contributed by atoms with Crippen LogP contribution >= 0.6 is 11.6 Å². The van der Waals surface area contributed by atoms with E-state index >= 15 is 0 Å². The lowest BCUT2D eigenvalue weighted by atomic mass is 10.0. The van der Waals surface area contributed by atoms with Gasteiger partial charge in [-0.05, 0) is 73.0 Å². The van der Waals surface area contributed by atoms with Crippen molar-refractivity contribution in [2.24, 2.45) is 0 Å². The molecule has 6 nitrogen and oxygen atoms in total. The summed E-state index contributed by atoms with van der Waals surface area (Å²) in [6.07, 6.45) is 4.94. The maximum absolute atomic E-state index is 12.9. The van der Waals surface area contributed by atoms with Gasteiger partial charge >= 0.3 is 0 Å². The molecule has 0 unspecified atom stereocenters. The number of sulfonamides is 1. The van der Waals surface area contributed by atoms with Crippen molar-refractivity contribution in [3.05, 3.63) is 100 Å². The molecular weight excluding hydrogens is 494 g/mol. The third kappa shape index (κ3) is 6.87. The van der Waals surface area contributed by atoms with Crippen LogP contribution in [0.5, 0.6) is 0 Å². The Morgan fingerprint density at radius 1 is 0.889 bits per heavy atom. The number of hydrogen-bond donors (Lipinski definition) is 1. The topological polar surface area (TPSA) is 69.7 Å². The van der Waals surface area contributed by atoms with Crippen molar-refractivity contribution in [3.8, 4) is 0 Å². The molecule has 0 spiro atoms. The van der Waals surface area contributed by atoms with Gasteiger partial charge in [0.15, 0.2) is 0 Å². The van der Waals surface area contributed by atoms with Crippen LogP contribution in [0.2, 0.25) is 5.02 Å². The van der Waals surface area contributed by atoms with E-state index in [0.717, 1.165) is 31.5 Å². The predicted molar refractivity (Wildman–Crippen MR) is 146 cm³/mol. The molecule has 8 heteroatoms. The first-order valence-electron chi connectivity index (χ1n) is 12.2. The number of carbonyl (C=O) groups excluding carboxylic acids is 1. The number of halogens is 1. The molecule has 4 rings (SSSR count). The molecule has 1 aliphatic heterocycles. The summed E-state index contributed by atoms with van der Waals surface area (Å²) in [4.78, 5) is 15.3. The normalized spacial score (nSPS) is 14.4. The minimum Gasteiger partial charge on any atom is -0.348 e. The molecule has 1 fully saturated rings. The average Bonchev–Trinajstić information content (AvgIpc) is 2.87. The molecule has 36 heavy (non-hydrogen) atoms. The molecule has 1 saturated heterocycles. The lowest BCUT2D eigenvalue weighted by molar-refractivity contribution is 0.0950. The number of nitrogens with zero attached hydrogens (tertiary/aromatic N) is 2. The summed E-state index contributed by atoms with van der Waals surface area (Å²) in [5, 5.41) is 3.51. The van der Waals surface area contributed by atoms with E-state index in [1.165, 1.54) is 29.1 Å². The van der Waals surface area contributed by atoms with E-state index < -0.39 is 10.0 Å². The van der Waals surface area contributed by atoms with Crippen molar-refractivity contribution in [3.63, 3.8) is 0 Å². The number of anilines is 1. The van der Waals surface area contributed by atoms with Gasteiger partial charge in [-0.3, -0.25) is 14.0 Å². The summed E-state index contributed by atoms with van der Waals surface area (Å²) in [5.74, 6) is -0.202. The lowest BCUT2D eigenvalue weighted by Gasteiger charge is -2.27. The Morgan fingerprint density at radius 2 is 1.50 bits per heavy atom. The molecule has 0 radical (unpaired) electrons. The number of hydrogen-bond acceptors (Lipinski definition) is 4. The first-order valence-corrected chi connectivity index (χ1v) is 14.4. The van der Waals surface area contributed by atoms with Crippen LogP contribution in [0.4, 0.5) is 5.69 Å². The zero-order valence-corrected chi connectivity index (χ0v) is 22.1. The molecule has 3 aromatic carbocycles. The molecule has 0 bridgehead atoms. The molecule has 3 aromatic rings. The summed E-state index contributed by atoms with van der Waals surface area (Å²) in [6.45, 7) is 3.68. The highest BCUT2D eigenvalue weighted by Gasteiger charge is 2.20. The highest BCUT2D eigenvalue weighted by atomic mass is 35.5. The molecule has 1 N–H and O–H groups in total. The fourth-order valence-electron chi connectivity index (χ4n) is 4.48. The van der Waals surface area contributed by atoms with E-state index in [1.807, 2.05) is 18.2 Å². The zero-order valence-electron chi connectivity index (χ0n) is 20.5. The van der Waals surface area contributed by atoms with Crippen LogP contribution in [0.25, 0.3) is 0 Å². The second kappa shape index (κ2) is 11.9. The summed E-state index contributed by atoms with van der Waals surface area (Å²) in [5.41, 5.74) is 3.99. The van der Waals surface area contributed by atoms with Crippen molar-refractivity contribution in [1.29, 1.82) is 0 Å². The van der Waals surface area contributed by atoms with Crippen LogP contribution in [0.3, 0.4) is 0 Å². The van der Waals surface area contributed by atoms with Crippen molar-refractivity contribution in [1.82, 2.24) is 10.2 Å². The van der Waals surface area contributed by atoms with E-state index in [4.69, 9.17) is 11.6 Å². The monoisotopic (exact) mass is 525 g/mol. The number of piperidine rings is 1. The second-order valence-corrected chi connectivity index (χ2v) is 11.5. The third-order valence-electron chi connectivity index (χ3n) is 6.49. The standard InChI is InChI=1S/C28H32ClN3O3S/c1-36(34,35)32(21-25-11-5-6-12-27(25)29)26-15-13-22(14-16-26)28(33)30-19-23-9-3-4-10-24(23)20-31-17-7-2-8-18-31/h3-6,9-16H,2,7-8,17-21H2,1H3,(H,30,33). The minimum atomic E-state index is -3.56. The number of likely N-dealkylation sites (tertiary alicyclic amines) is 1. The molecule has 1 heterocycles. The van der Waals surface area contributed by atoms with Gasteiger partial charge in [0.05, 0.1) is 18.5 Å². The Morgan fingerprint density at radius 3 is 2.14 bits per heavy atom.